The standard InChI is InChI=1S/C14H13N5O3/c1-8-3-4-11-10(5-8)14(22)19(17-16-11)13-9(6-12(20)21)7-15-18(13)2/h3-5,7H,6H2,1-2H3,(H,20,21). The quantitative estimate of drug-likeness (QED) is 0.753. The molecule has 22 heavy (non-hydrogen) atoms. The van der Waals surface area contributed by atoms with Gasteiger partial charge in [0.15, 0.2) is 5.82 Å². The predicted molar refractivity (Wildman–Crippen MR) is 78.0 cm³/mol. The van der Waals surface area contributed by atoms with Crippen molar-refractivity contribution in [2.75, 3.05) is 0 Å². The largest absolute Gasteiger partial charge is 0.481 e. The first kappa shape index (κ1) is 13.9. The number of carboxylic acid groups (broad SMARTS) is 1. The van der Waals surface area contributed by atoms with E-state index in [1.54, 1.807) is 19.2 Å². The highest BCUT2D eigenvalue weighted by Gasteiger charge is 2.17. The summed E-state index contributed by atoms with van der Waals surface area (Å²) in [4.78, 5) is 23.6. The van der Waals surface area contributed by atoms with E-state index >= 15 is 0 Å². The highest BCUT2D eigenvalue weighted by atomic mass is 16.4. The summed E-state index contributed by atoms with van der Waals surface area (Å²) in [6.45, 7) is 1.88. The van der Waals surface area contributed by atoms with Crippen molar-refractivity contribution in [2.45, 2.75) is 13.3 Å². The molecule has 0 aliphatic carbocycles. The van der Waals surface area contributed by atoms with Crippen molar-refractivity contribution < 1.29 is 9.90 Å². The fourth-order valence-corrected chi connectivity index (χ4v) is 2.33. The highest BCUT2D eigenvalue weighted by molar-refractivity contribution is 5.78. The SMILES string of the molecule is Cc1ccc2nnn(-c3c(CC(=O)O)cnn3C)c(=O)c2c1. The summed E-state index contributed by atoms with van der Waals surface area (Å²) >= 11 is 0. The van der Waals surface area contributed by atoms with Crippen LogP contribution in [0.2, 0.25) is 0 Å². The average Bonchev–Trinajstić information content (AvgIpc) is 2.80. The molecule has 0 aliphatic heterocycles. The average molecular weight is 299 g/mol. The lowest BCUT2D eigenvalue weighted by atomic mass is 10.2. The van der Waals surface area contributed by atoms with Crippen molar-refractivity contribution in [3.8, 4) is 5.82 Å². The maximum atomic E-state index is 12.6. The van der Waals surface area contributed by atoms with E-state index in [9.17, 15) is 9.59 Å². The van der Waals surface area contributed by atoms with E-state index < -0.39 is 5.97 Å². The molecule has 1 aromatic carbocycles. The van der Waals surface area contributed by atoms with Crippen LogP contribution in [0, 0.1) is 6.92 Å². The zero-order chi connectivity index (χ0) is 15.9. The van der Waals surface area contributed by atoms with Crippen LogP contribution in [0.1, 0.15) is 11.1 Å². The molecule has 0 atom stereocenters. The summed E-state index contributed by atoms with van der Waals surface area (Å²) in [5, 5.41) is 21.3. The number of carboxylic acids is 1. The molecule has 1 N–H and O–H groups in total. The van der Waals surface area contributed by atoms with Gasteiger partial charge in [0.1, 0.15) is 5.52 Å². The van der Waals surface area contributed by atoms with Gasteiger partial charge >= 0.3 is 5.97 Å². The molecule has 2 heterocycles. The molecule has 0 saturated carbocycles. The normalized spacial score (nSPS) is 11.0. The molecule has 0 saturated heterocycles. The third-order valence-corrected chi connectivity index (χ3v) is 3.34. The number of aromatic nitrogens is 5. The zero-order valence-corrected chi connectivity index (χ0v) is 12.0. The van der Waals surface area contributed by atoms with Crippen LogP contribution in [0.4, 0.5) is 0 Å². The van der Waals surface area contributed by atoms with E-state index in [-0.39, 0.29) is 12.0 Å². The zero-order valence-electron chi connectivity index (χ0n) is 12.0. The van der Waals surface area contributed by atoms with Gasteiger partial charge < -0.3 is 5.11 Å². The Morgan fingerprint density at radius 3 is 2.86 bits per heavy atom. The van der Waals surface area contributed by atoms with E-state index in [0.29, 0.717) is 22.3 Å². The first-order valence-electron chi connectivity index (χ1n) is 6.57. The Bertz CT molecular complexity index is 941. The first-order chi connectivity index (χ1) is 10.5. The van der Waals surface area contributed by atoms with Crippen LogP contribution in [0.5, 0.6) is 0 Å². The molecule has 0 amide bonds. The molecule has 2 aromatic heterocycles. The van der Waals surface area contributed by atoms with Crippen LogP contribution < -0.4 is 5.56 Å². The van der Waals surface area contributed by atoms with E-state index in [1.807, 2.05) is 13.0 Å². The van der Waals surface area contributed by atoms with E-state index in [2.05, 4.69) is 15.4 Å². The summed E-state index contributed by atoms with van der Waals surface area (Å²) in [5.74, 6) is -0.699. The lowest BCUT2D eigenvalue weighted by Gasteiger charge is -2.07. The number of aliphatic carboxylic acids is 1. The van der Waals surface area contributed by atoms with Crippen LogP contribution in [0.25, 0.3) is 16.7 Å². The van der Waals surface area contributed by atoms with Gasteiger partial charge in [0, 0.05) is 12.6 Å². The summed E-state index contributed by atoms with van der Waals surface area (Å²) in [6, 6.07) is 5.31. The Morgan fingerprint density at radius 1 is 1.36 bits per heavy atom. The van der Waals surface area contributed by atoms with Crippen molar-refractivity contribution in [2.24, 2.45) is 7.05 Å². The molecule has 0 aliphatic rings. The number of rotatable bonds is 3. The number of hydrogen-bond donors (Lipinski definition) is 1. The Morgan fingerprint density at radius 2 is 2.14 bits per heavy atom. The minimum Gasteiger partial charge on any atom is -0.481 e. The maximum Gasteiger partial charge on any atom is 0.308 e. The van der Waals surface area contributed by atoms with Gasteiger partial charge in [-0.2, -0.15) is 9.78 Å². The summed E-state index contributed by atoms with van der Waals surface area (Å²) in [5.41, 5.74) is 1.47. The summed E-state index contributed by atoms with van der Waals surface area (Å²) in [7, 11) is 1.62. The van der Waals surface area contributed by atoms with E-state index in [4.69, 9.17) is 5.11 Å². The molecular weight excluding hydrogens is 286 g/mol. The number of carbonyl (C=O) groups is 1. The third-order valence-electron chi connectivity index (χ3n) is 3.34. The molecule has 0 fully saturated rings. The minimum atomic E-state index is -1.01. The van der Waals surface area contributed by atoms with Crippen LogP contribution in [0.15, 0.2) is 29.2 Å². The summed E-state index contributed by atoms with van der Waals surface area (Å²) < 4.78 is 2.50. The fourth-order valence-electron chi connectivity index (χ4n) is 2.33. The second-order valence-electron chi connectivity index (χ2n) is 5.01. The Kier molecular flexibility index (Phi) is 3.21. The lowest BCUT2D eigenvalue weighted by Crippen LogP contribution is -2.26. The smallest absolute Gasteiger partial charge is 0.308 e. The first-order valence-corrected chi connectivity index (χ1v) is 6.57. The van der Waals surface area contributed by atoms with Crippen molar-refractivity contribution in [3.05, 3.63) is 45.9 Å². The van der Waals surface area contributed by atoms with Gasteiger partial charge in [-0.15, -0.1) is 5.10 Å². The van der Waals surface area contributed by atoms with E-state index in [0.717, 1.165) is 10.2 Å². The number of fused-ring (bicyclic) bond motifs is 1. The number of nitrogens with zero attached hydrogens (tertiary/aromatic N) is 5. The van der Waals surface area contributed by atoms with Gasteiger partial charge in [-0.3, -0.25) is 14.3 Å². The van der Waals surface area contributed by atoms with Gasteiger partial charge in [0.2, 0.25) is 0 Å². The molecule has 0 spiro atoms. The number of hydrogen-bond acceptors (Lipinski definition) is 5. The fraction of sp³-hybridized carbons (Fsp3) is 0.214. The number of benzene rings is 1. The Labute approximate surface area is 124 Å². The molecule has 0 bridgehead atoms. The van der Waals surface area contributed by atoms with Gasteiger partial charge in [-0.1, -0.05) is 16.8 Å². The Hall–Kier alpha value is -3.03. The van der Waals surface area contributed by atoms with Crippen LogP contribution in [-0.2, 0) is 18.3 Å². The third kappa shape index (κ3) is 2.24. The molecule has 0 unspecified atom stereocenters. The van der Waals surface area contributed by atoms with Gasteiger partial charge in [0.25, 0.3) is 5.56 Å². The molecule has 8 heteroatoms. The summed E-state index contributed by atoms with van der Waals surface area (Å²) in [6.07, 6.45) is 1.17. The molecular formula is C14H13N5O3. The topological polar surface area (TPSA) is 103 Å². The van der Waals surface area contributed by atoms with Crippen LogP contribution >= 0.6 is 0 Å². The van der Waals surface area contributed by atoms with Gasteiger partial charge in [-0.05, 0) is 19.1 Å². The van der Waals surface area contributed by atoms with Gasteiger partial charge in [0.05, 0.1) is 18.0 Å². The molecule has 3 rings (SSSR count). The van der Waals surface area contributed by atoms with Gasteiger partial charge in [-0.25, -0.2) is 0 Å². The minimum absolute atomic E-state index is 0.247. The second-order valence-corrected chi connectivity index (χ2v) is 5.01. The molecule has 112 valence electrons. The lowest BCUT2D eigenvalue weighted by molar-refractivity contribution is -0.136. The van der Waals surface area contributed by atoms with Crippen LogP contribution in [0.3, 0.4) is 0 Å². The molecule has 8 nitrogen and oxygen atoms in total. The van der Waals surface area contributed by atoms with Crippen molar-refractivity contribution in [1.29, 1.82) is 0 Å². The monoisotopic (exact) mass is 299 g/mol. The van der Waals surface area contributed by atoms with Crippen molar-refractivity contribution in [3.63, 3.8) is 0 Å². The van der Waals surface area contributed by atoms with Crippen molar-refractivity contribution >= 4 is 16.9 Å². The molecule has 3 aromatic rings. The van der Waals surface area contributed by atoms with Crippen molar-refractivity contribution in [1.82, 2.24) is 24.8 Å². The van der Waals surface area contributed by atoms with E-state index in [1.165, 1.54) is 10.9 Å². The number of aryl methyl sites for hydroxylation is 2. The molecule has 0 radical (unpaired) electrons. The highest BCUT2D eigenvalue weighted by Crippen LogP contribution is 2.14. The second kappa shape index (κ2) is 5.06. The predicted octanol–water partition coefficient (Wildman–Crippen LogP) is 0.450. The van der Waals surface area contributed by atoms with Crippen LogP contribution in [-0.4, -0.2) is 35.9 Å². The maximum absolute atomic E-state index is 12.6. The Balaban J connectivity index is 2.27.